The zero-order chi connectivity index (χ0) is 12.3. The second kappa shape index (κ2) is 5.74. The Labute approximate surface area is 114 Å². The molecule has 2 N–H and O–H groups in total. The first-order chi connectivity index (χ1) is 8.19. The van der Waals surface area contributed by atoms with E-state index in [9.17, 15) is 0 Å². The van der Waals surface area contributed by atoms with Crippen LogP contribution in [0.5, 0.6) is 0 Å². The van der Waals surface area contributed by atoms with Crippen LogP contribution in [0.2, 0.25) is 10.0 Å². The molecule has 1 aromatic heterocycles. The van der Waals surface area contributed by atoms with Gasteiger partial charge >= 0.3 is 0 Å². The van der Waals surface area contributed by atoms with Gasteiger partial charge in [-0.25, -0.2) is 0 Å². The van der Waals surface area contributed by atoms with Gasteiger partial charge in [0, 0.05) is 22.5 Å². The van der Waals surface area contributed by atoms with Crippen LogP contribution in [0.15, 0.2) is 46.3 Å². The van der Waals surface area contributed by atoms with Gasteiger partial charge in [-0.2, -0.15) is 0 Å². The first kappa shape index (κ1) is 12.7. The van der Waals surface area contributed by atoms with Crippen molar-refractivity contribution in [2.24, 2.45) is 5.73 Å². The summed E-state index contributed by atoms with van der Waals surface area (Å²) in [4.78, 5) is 6.30. The average Bonchev–Trinajstić information content (AvgIpc) is 2.35. The van der Waals surface area contributed by atoms with Gasteiger partial charge in [-0.15, -0.1) is 0 Å². The summed E-state index contributed by atoms with van der Waals surface area (Å²) in [5, 5.41) is 1.12. The fourth-order valence-corrected chi connectivity index (χ4v) is 2.46. The van der Waals surface area contributed by atoms with E-state index in [2.05, 4.69) is 4.98 Å². The molecular weight excluding hydrogens is 275 g/mol. The quantitative estimate of drug-likeness (QED) is 0.926. The van der Waals surface area contributed by atoms with Crippen LogP contribution in [0, 0.1) is 0 Å². The van der Waals surface area contributed by atoms with E-state index in [1.165, 1.54) is 0 Å². The maximum atomic E-state index is 5.95. The van der Waals surface area contributed by atoms with E-state index in [1.54, 1.807) is 24.0 Å². The number of hydrogen-bond acceptors (Lipinski definition) is 3. The summed E-state index contributed by atoms with van der Waals surface area (Å²) in [6, 6.07) is 9.46. The third-order valence-electron chi connectivity index (χ3n) is 2.13. The van der Waals surface area contributed by atoms with Crippen LogP contribution >= 0.6 is 35.0 Å². The van der Waals surface area contributed by atoms with E-state index < -0.39 is 0 Å². The molecule has 2 nitrogen and oxygen atoms in total. The van der Waals surface area contributed by atoms with E-state index >= 15 is 0 Å². The minimum absolute atomic E-state index is 0.456. The Morgan fingerprint density at radius 1 is 1.06 bits per heavy atom. The van der Waals surface area contributed by atoms with E-state index in [4.69, 9.17) is 28.9 Å². The molecule has 0 amide bonds. The Kier molecular flexibility index (Phi) is 4.29. The lowest BCUT2D eigenvalue weighted by atomic mass is 10.3. The average molecular weight is 285 g/mol. The molecule has 0 aliphatic carbocycles. The van der Waals surface area contributed by atoms with E-state index in [-0.39, 0.29) is 0 Å². The van der Waals surface area contributed by atoms with Crippen LogP contribution in [0.3, 0.4) is 0 Å². The third kappa shape index (κ3) is 3.36. The summed E-state index contributed by atoms with van der Waals surface area (Å²) in [6.07, 6.45) is 1.80. The number of halogens is 2. The van der Waals surface area contributed by atoms with Crippen molar-refractivity contribution in [2.45, 2.75) is 16.3 Å². The first-order valence-corrected chi connectivity index (χ1v) is 6.54. The van der Waals surface area contributed by atoms with Crippen molar-refractivity contribution in [1.29, 1.82) is 0 Å². The van der Waals surface area contributed by atoms with Crippen LogP contribution in [-0.4, -0.2) is 4.98 Å². The highest BCUT2D eigenvalue weighted by atomic mass is 35.5. The maximum absolute atomic E-state index is 5.95. The second-order valence-corrected chi connectivity index (χ2v) is 5.33. The highest BCUT2D eigenvalue weighted by Gasteiger charge is 2.02. The number of pyridine rings is 1. The van der Waals surface area contributed by atoms with Crippen LogP contribution in [0.1, 0.15) is 5.69 Å². The lowest BCUT2D eigenvalue weighted by molar-refractivity contribution is 0.977. The van der Waals surface area contributed by atoms with Crippen LogP contribution in [0.25, 0.3) is 0 Å². The summed E-state index contributed by atoms with van der Waals surface area (Å²) in [6.45, 7) is 0.456. The standard InChI is InChI=1S/C12H10Cl2N2S/c13-11-4-3-9(5-12(11)14)17-10-2-1-8(6-15)16-7-10/h1-5,7H,6,15H2. The van der Waals surface area contributed by atoms with Crippen LogP contribution in [-0.2, 0) is 6.54 Å². The van der Waals surface area contributed by atoms with Crippen molar-refractivity contribution >= 4 is 35.0 Å². The molecule has 2 rings (SSSR count). The summed E-state index contributed by atoms with van der Waals surface area (Å²) >= 11 is 13.4. The van der Waals surface area contributed by atoms with Gasteiger partial charge in [-0.1, -0.05) is 35.0 Å². The SMILES string of the molecule is NCc1ccc(Sc2ccc(Cl)c(Cl)c2)cn1. The summed E-state index contributed by atoms with van der Waals surface area (Å²) in [7, 11) is 0. The highest BCUT2D eigenvalue weighted by molar-refractivity contribution is 7.99. The molecule has 1 heterocycles. The summed E-state index contributed by atoms with van der Waals surface area (Å²) < 4.78 is 0. The largest absolute Gasteiger partial charge is 0.325 e. The Morgan fingerprint density at radius 2 is 1.82 bits per heavy atom. The Morgan fingerprint density at radius 3 is 2.41 bits per heavy atom. The number of benzene rings is 1. The van der Waals surface area contributed by atoms with Gasteiger partial charge in [0.25, 0.3) is 0 Å². The lowest BCUT2D eigenvalue weighted by Crippen LogP contribution is -1.98. The molecule has 88 valence electrons. The Bertz CT molecular complexity index is 514. The van der Waals surface area contributed by atoms with Gasteiger partial charge in [0.15, 0.2) is 0 Å². The van der Waals surface area contributed by atoms with Crippen molar-refractivity contribution in [1.82, 2.24) is 4.98 Å². The molecule has 0 fully saturated rings. The fourth-order valence-electron chi connectivity index (χ4n) is 1.27. The van der Waals surface area contributed by atoms with Gasteiger partial charge in [0.1, 0.15) is 0 Å². The summed E-state index contributed by atoms with van der Waals surface area (Å²) in [5.74, 6) is 0. The predicted molar refractivity (Wildman–Crippen MR) is 72.7 cm³/mol. The van der Waals surface area contributed by atoms with Crippen LogP contribution in [0.4, 0.5) is 0 Å². The summed E-state index contributed by atoms with van der Waals surface area (Å²) in [5.41, 5.74) is 6.37. The van der Waals surface area contributed by atoms with Crippen molar-refractivity contribution in [3.8, 4) is 0 Å². The third-order valence-corrected chi connectivity index (χ3v) is 3.84. The molecule has 0 bridgehead atoms. The molecule has 2 aromatic rings. The molecule has 17 heavy (non-hydrogen) atoms. The second-order valence-electron chi connectivity index (χ2n) is 3.37. The molecule has 0 aliphatic heterocycles. The molecule has 0 aliphatic rings. The van der Waals surface area contributed by atoms with Gasteiger partial charge in [0.05, 0.1) is 15.7 Å². The van der Waals surface area contributed by atoms with E-state index in [1.807, 2.05) is 24.3 Å². The highest BCUT2D eigenvalue weighted by Crippen LogP contribution is 2.32. The lowest BCUT2D eigenvalue weighted by Gasteiger charge is -2.03. The minimum Gasteiger partial charge on any atom is -0.325 e. The van der Waals surface area contributed by atoms with Crippen LogP contribution < -0.4 is 5.73 Å². The topological polar surface area (TPSA) is 38.9 Å². The van der Waals surface area contributed by atoms with Crippen molar-refractivity contribution in [3.05, 3.63) is 52.3 Å². The molecule has 0 saturated carbocycles. The smallest absolute Gasteiger partial charge is 0.0603 e. The number of rotatable bonds is 3. The van der Waals surface area contributed by atoms with Crippen molar-refractivity contribution < 1.29 is 0 Å². The number of nitrogens with zero attached hydrogens (tertiary/aromatic N) is 1. The number of aromatic nitrogens is 1. The molecule has 0 saturated heterocycles. The molecular formula is C12H10Cl2N2S. The zero-order valence-electron chi connectivity index (χ0n) is 8.86. The number of hydrogen-bond donors (Lipinski definition) is 1. The maximum Gasteiger partial charge on any atom is 0.0603 e. The van der Waals surface area contributed by atoms with Gasteiger partial charge < -0.3 is 5.73 Å². The van der Waals surface area contributed by atoms with E-state index in [0.29, 0.717) is 16.6 Å². The molecule has 0 atom stereocenters. The monoisotopic (exact) mass is 284 g/mol. The molecule has 0 unspecified atom stereocenters. The Balaban J connectivity index is 2.16. The molecule has 0 radical (unpaired) electrons. The van der Waals surface area contributed by atoms with Crippen molar-refractivity contribution in [3.63, 3.8) is 0 Å². The Hall–Kier alpha value is -0.740. The van der Waals surface area contributed by atoms with Crippen molar-refractivity contribution in [2.75, 3.05) is 0 Å². The minimum atomic E-state index is 0.456. The first-order valence-electron chi connectivity index (χ1n) is 4.97. The van der Waals surface area contributed by atoms with Gasteiger partial charge in [0.2, 0.25) is 0 Å². The predicted octanol–water partition coefficient (Wildman–Crippen LogP) is 4.00. The number of nitrogens with two attached hydrogens (primary N) is 1. The zero-order valence-corrected chi connectivity index (χ0v) is 11.2. The van der Waals surface area contributed by atoms with E-state index in [0.717, 1.165) is 15.5 Å². The molecule has 5 heteroatoms. The molecule has 0 spiro atoms. The van der Waals surface area contributed by atoms with Gasteiger partial charge in [-0.05, 0) is 30.3 Å². The normalized spacial score (nSPS) is 10.5. The van der Waals surface area contributed by atoms with Gasteiger partial charge in [-0.3, -0.25) is 4.98 Å². The fraction of sp³-hybridized carbons (Fsp3) is 0.0833. The molecule has 1 aromatic carbocycles.